The lowest BCUT2D eigenvalue weighted by atomic mass is 10.0. The van der Waals surface area contributed by atoms with Crippen molar-refractivity contribution in [2.24, 2.45) is 0 Å². The molecule has 11 heteroatoms. The first-order chi connectivity index (χ1) is 22.1. The zero-order chi connectivity index (χ0) is 33.1. The van der Waals surface area contributed by atoms with Crippen LogP contribution in [0.15, 0.2) is 108 Å². The minimum Gasteiger partial charge on any atom is -0.495 e. The molecule has 46 heavy (non-hydrogen) atoms. The Kier molecular flexibility index (Phi) is 12.5. The summed E-state index contributed by atoms with van der Waals surface area (Å²) in [6.07, 6.45) is 1.86. The molecule has 0 aliphatic rings. The van der Waals surface area contributed by atoms with Gasteiger partial charge in [-0.05, 0) is 60.0 Å². The standard InChI is InChI=1S/C35H37Cl2N3O5S/c1-3-4-20-38-35(42)32(22-26-12-7-5-8-13-26)39(24-27-14-11-15-28(36)21-27)34(41)25-40(29-18-19-33(45-2)31(37)23-29)46(43,44)30-16-9-6-10-17-30/h5-19,21,23,32H,3-4,20,22,24-25H2,1-2H3,(H,38,42). The van der Waals surface area contributed by atoms with E-state index in [-0.39, 0.29) is 34.5 Å². The van der Waals surface area contributed by atoms with Gasteiger partial charge in [0.2, 0.25) is 11.8 Å². The van der Waals surface area contributed by atoms with Gasteiger partial charge in [-0.3, -0.25) is 13.9 Å². The summed E-state index contributed by atoms with van der Waals surface area (Å²) in [6.45, 7) is 1.88. The maximum atomic E-state index is 14.5. The SMILES string of the molecule is CCCCNC(=O)C(Cc1ccccc1)N(Cc1cccc(Cl)c1)C(=O)CN(c1ccc(OC)c(Cl)c1)S(=O)(=O)c1ccccc1. The number of ether oxygens (including phenoxy) is 1. The maximum Gasteiger partial charge on any atom is 0.264 e. The van der Waals surface area contributed by atoms with Crippen LogP contribution in [0.4, 0.5) is 5.69 Å². The second-order valence-corrected chi connectivity index (χ2v) is 13.4. The topological polar surface area (TPSA) is 96.0 Å². The maximum absolute atomic E-state index is 14.5. The van der Waals surface area contributed by atoms with Crippen LogP contribution in [0.2, 0.25) is 10.0 Å². The molecule has 8 nitrogen and oxygen atoms in total. The highest BCUT2D eigenvalue weighted by Gasteiger charge is 2.34. The summed E-state index contributed by atoms with van der Waals surface area (Å²) < 4.78 is 34.5. The lowest BCUT2D eigenvalue weighted by Crippen LogP contribution is -2.53. The van der Waals surface area contributed by atoms with E-state index in [1.807, 2.05) is 43.3 Å². The molecule has 1 atom stereocenters. The predicted molar refractivity (Wildman–Crippen MR) is 183 cm³/mol. The van der Waals surface area contributed by atoms with Gasteiger partial charge in [-0.25, -0.2) is 8.42 Å². The Morgan fingerprint density at radius 3 is 2.17 bits per heavy atom. The van der Waals surface area contributed by atoms with Crippen LogP contribution in [0.1, 0.15) is 30.9 Å². The van der Waals surface area contributed by atoms with Crippen molar-refractivity contribution >= 4 is 50.7 Å². The van der Waals surface area contributed by atoms with Gasteiger partial charge in [0.15, 0.2) is 0 Å². The zero-order valence-corrected chi connectivity index (χ0v) is 28.1. The highest BCUT2D eigenvalue weighted by molar-refractivity contribution is 7.92. The average Bonchev–Trinajstić information content (AvgIpc) is 3.06. The number of nitrogens with zero attached hydrogens (tertiary/aromatic N) is 2. The zero-order valence-electron chi connectivity index (χ0n) is 25.7. The highest BCUT2D eigenvalue weighted by Crippen LogP contribution is 2.32. The van der Waals surface area contributed by atoms with Crippen LogP contribution in [0.25, 0.3) is 0 Å². The third kappa shape index (κ3) is 9.02. The molecule has 0 bridgehead atoms. The van der Waals surface area contributed by atoms with Crippen molar-refractivity contribution in [1.82, 2.24) is 10.2 Å². The average molecular weight is 683 g/mol. The number of hydrogen-bond donors (Lipinski definition) is 1. The molecule has 1 unspecified atom stereocenters. The Labute approximate surface area is 280 Å². The van der Waals surface area contributed by atoms with Gasteiger partial charge < -0.3 is 15.0 Å². The molecule has 1 N–H and O–H groups in total. The van der Waals surface area contributed by atoms with Crippen LogP contribution in [0.5, 0.6) is 5.75 Å². The molecule has 242 valence electrons. The van der Waals surface area contributed by atoms with Crippen LogP contribution in [0.3, 0.4) is 0 Å². The number of amides is 2. The van der Waals surface area contributed by atoms with Gasteiger partial charge in [0.25, 0.3) is 10.0 Å². The normalized spacial score (nSPS) is 11.8. The Bertz CT molecular complexity index is 1720. The lowest BCUT2D eigenvalue weighted by molar-refractivity contribution is -0.140. The first-order valence-electron chi connectivity index (χ1n) is 14.9. The number of benzene rings is 4. The van der Waals surface area contributed by atoms with Gasteiger partial charge in [0.05, 0.1) is 22.7 Å². The monoisotopic (exact) mass is 681 g/mol. The van der Waals surface area contributed by atoms with Gasteiger partial charge in [-0.1, -0.05) is 97.2 Å². The summed E-state index contributed by atoms with van der Waals surface area (Å²) in [5.74, 6) is -0.571. The summed E-state index contributed by atoms with van der Waals surface area (Å²) in [4.78, 5) is 29.8. The predicted octanol–water partition coefficient (Wildman–Crippen LogP) is 6.75. The van der Waals surface area contributed by atoms with E-state index >= 15 is 0 Å². The molecule has 4 aromatic carbocycles. The molecule has 0 aliphatic heterocycles. The van der Waals surface area contributed by atoms with Crippen LogP contribution < -0.4 is 14.4 Å². The van der Waals surface area contributed by atoms with E-state index in [2.05, 4.69) is 5.32 Å². The fourth-order valence-electron chi connectivity index (χ4n) is 4.95. The minimum absolute atomic E-state index is 0.00530. The number of carbonyl (C=O) groups excluding carboxylic acids is 2. The number of rotatable bonds is 15. The molecule has 0 radical (unpaired) electrons. The molecule has 0 heterocycles. The Hall–Kier alpha value is -4.05. The number of carbonyl (C=O) groups is 2. The molecule has 0 aromatic heterocycles. The van der Waals surface area contributed by atoms with Crippen molar-refractivity contribution in [3.05, 3.63) is 124 Å². The number of hydrogen-bond acceptors (Lipinski definition) is 5. The number of sulfonamides is 1. The smallest absolute Gasteiger partial charge is 0.264 e. The fourth-order valence-corrected chi connectivity index (χ4v) is 6.84. The van der Waals surface area contributed by atoms with Crippen LogP contribution in [-0.2, 0) is 32.6 Å². The summed E-state index contributed by atoms with van der Waals surface area (Å²) in [7, 11) is -2.80. The second kappa shape index (κ2) is 16.5. The van der Waals surface area contributed by atoms with E-state index in [0.29, 0.717) is 22.9 Å². The number of halogens is 2. The van der Waals surface area contributed by atoms with Gasteiger partial charge in [-0.15, -0.1) is 0 Å². The molecule has 4 aromatic rings. The molecule has 0 saturated carbocycles. The minimum atomic E-state index is -4.26. The Balaban J connectivity index is 1.81. The van der Waals surface area contributed by atoms with Crippen molar-refractivity contribution in [3.8, 4) is 5.75 Å². The molecular formula is C35H37Cl2N3O5S. The van der Waals surface area contributed by atoms with Crippen molar-refractivity contribution in [2.75, 3.05) is 24.5 Å². The summed E-state index contributed by atoms with van der Waals surface area (Å²) >= 11 is 12.7. The quantitative estimate of drug-likeness (QED) is 0.140. The van der Waals surface area contributed by atoms with E-state index < -0.39 is 28.5 Å². The molecule has 0 aliphatic carbocycles. The molecule has 0 spiro atoms. The van der Waals surface area contributed by atoms with Crippen LogP contribution in [0, 0.1) is 0 Å². The lowest BCUT2D eigenvalue weighted by Gasteiger charge is -2.34. The first kappa shape index (κ1) is 34.8. The van der Waals surface area contributed by atoms with Crippen LogP contribution in [-0.4, -0.2) is 51.4 Å². The van der Waals surface area contributed by atoms with Gasteiger partial charge in [0.1, 0.15) is 18.3 Å². The van der Waals surface area contributed by atoms with E-state index in [4.69, 9.17) is 27.9 Å². The van der Waals surface area contributed by atoms with E-state index in [9.17, 15) is 18.0 Å². The third-order valence-corrected chi connectivity index (χ3v) is 9.69. The van der Waals surface area contributed by atoms with Crippen molar-refractivity contribution in [1.29, 1.82) is 0 Å². The number of anilines is 1. The molecule has 4 rings (SSSR count). The van der Waals surface area contributed by atoms with Gasteiger partial charge >= 0.3 is 0 Å². The van der Waals surface area contributed by atoms with Gasteiger partial charge in [0, 0.05) is 24.5 Å². The van der Waals surface area contributed by atoms with Gasteiger partial charge in [-0.2, -0.15) is 0 Å². The number of nitrogens with one attached hydrogen (secondary N) is 1. The molecule has 2 amide bonds. The van der Waals surface area contributed by atoms with E-state index in [0.717, 1.165) is 22.7 Å². The Morgan fingerprint density at radius 2 is 1.54 bits per heavy atom. The molecular weight excluding hydrogens is 645 g/mol. The summed E-state index contributed by atoms with van der Waals surface area (Å²) in [6, 6.07) is 27.8. The fraction of sp³-hybridized carbons (Fsp3) is 0.257. The summed E-state index contributed by atoms with van der Waals surface area (Å²) in [5.41, 5.74) is 1.70. The molecule has 0 fully saturated rings. The largest absolute Gasteiger partial charge is 0.495 e. The van der Waals surface area contributed by atoms with Crippen molar-refractivity contribution < 1.29 is 22.7 Å². The third-order valence-electron chi connectivity index (χ3n) is 7.38. The van der Waals surface area contributed by atoms with E-state index in [1.54, 1.807) is 42.5 Å². The van der Waals surface area contributed by atoms with Crippen molar-refractivity contribution in [2.45, 2.75) is 43.7 Å². The number of unbranched alkanes of at least 4 members (excludes halogenated alkanes) is 1. The van der Waals surface area contributed by atoms with Crippen LogP contribution >= 0.6 is 23.2 Å². The summed E-state index contributed by atoms with van der Waals surface area (Å²) in [5, 5.41) is 3.62. The van der Waals surface area contributed by atoms with E-state index in [1.165, 1.54) is 36.3 Å². The van der Waals surface area contributed by atoms with Crippen molar-refractivity contribution in [3.63, 3.8) is 0 Å². The molecule has 0 saturated heterocycles. The highest BCUT2D eigenvalue weighted by atomic mass is 35.5. The first-order valence-corrected chi connectivity index (χ1v) is 17.1. The second-order valence-electron chi connectivity index (χ2n) is 10.6. The Morgan fingerprint density at radius 1 is 0.870 bits per heavy atom. The number of methoxy groups -OCH3 is 1.